The van der Waals surface area contributed by atoms with Crippen LogP contribution in [0.3, 0.4) is 0 Å². The SMILES string of the molecule is COc1ccccc1CCC1CCN(C(=O)CC2(C)C(=O)N=C3C=CC=CN32)CC1. The number of amides is 2. The average Bonchev–Trinajstić information content (AvgIpc) is 3.02. The second-order valence-corrected chi connectivity index (χ2v) is 8.47. The zero-order chi connectivity index (χ0) is 21.1. The van der Waals surface area contributed by atoms with Gasteiger partial charge in [0.15, 0.2) is 0 Å². The number of allylic oxidation sites excluding steroid dienone is 2. The maximum absolute atomic E-state index is 13.0. The van der Waals surface area contributed by atoms with Crippen LogP contribution in [-0.2, 0) is 16.0 Å². The Morgan fingerprint density at radius 3 is 2.77 bits per heavy atom. The molecular formula is C24H29N3O3. The lowest BCUT2D eigenvalue weighted by molar-refractivity contribution is -0.138. The van der Waals surface area contributed by atoms with Gasteiger partial charge in [0.1, 0.15) is 17.1 Å². The van der Waals surface area contributed by atoms with Crippen LogP contribution in [0, 0.1) is 5.92 Å². The van der Waals surface area contributed by atoms with Gasteiger partial charge in [-0.3, -0.25) is 9.59 Å². The number of fused-ring (bicyclic) bond motifs is 1. The first-order chi connectivity index (χ1) is 14.5. The molecule has 6 nitrogen and oxygen atoms in total. The van der Waals surface area contributed by atoms with Gasteiger partial charge in [-0.15, -0.1) is 0 Å². The molecule has 0 bridgehead atoms. The lowest BCUT2D eigenvalue weighted by atomic mass is 9.89. The molecule has 3 heterocycles. The van der Waals surface area contributed by atoms with Gasteiger partial charge < -0.3 is 14.5 Å². The van der Waals surface area contributed by atoms with E-state index in [4.69, 9.17) is 4.74 Å². The average molecular weight is 408 g/mol. The third-order valence-corrected chi connectivity index (χ3v) is 6.52. The van der Waals surface area contributed by atoms with Crippen LogP contribution in [0.2, 0.25) is 0 Å². The van der Waals surface area contributed by atoms with Gasteiger partial charge >= 0.3 is 0 Å². The van der Waals surface area contributed by atoms with Gasteiger partial charge in [-0.25, -0.2) is 0 Å². The molecule has 3 aliphatic rings. The van der Waals surface area contributed by atoms with E-state index in [-0.39, 0.29) is 18.2 Å². The van der Waals surface area contributed by atoms with Crippen molar-refractivity contribution in [2.45, 2.75) is 44.6 Å². The van der Waals surface area contributed by atoms with Gasteiger partial charge in [0, 0.05) is 19.3 Å². The smallest absolute Gasteiger partial charge is 0.274 e. The lowest BCUT2D eigenvalue weighted by Crippen LogP contribution is -2.51. The highest BCUT2D eigenvalue weighted by atomic mass is 16.5. The van der Waals surface area contributed by atoms with Crippen molar-refractivity contribution in [3.05, 3.63) is 54.3 Å². The summed E-state index contributed by atoms with van der Waals surface area (Å²) in [5.41, 5.74) is 0.319. The predicted molar refractivity (Wildman–Crippen MR) is 116 cm³/mol. The number of para-hydroxylation sites is 1. The van der Waals surface area contributed by atoms with Crippen LogP contribution in [0.4, 0.5) is 0 Å². The molecule has 0 aliphatic carbocycles. The van der Waals surface area contributed by atoms with E-state index in [9.17, 15) is 9.59 Å². The molecule has 1 unspecified atom stereocenters. The van der Waals surface area contributed by atoms with Crippen molar-refractivity contribution in [1.82, 2.24) is 9.80 Å². The Bertz CT molecular complexity index is 912. The molecule has 0 radical (unpaired) electrons. The summed E-state index contributed by atoms with van der Waals surface area (Å²) in [6.07, 6.45) is 11.6. The second-order valence-electron chi connectivity index (χ2n) is 8.47. The molecule has 0 N–H and O–H groups in total. The number of piperidine rings is 1. The summed E-state index contributed by atoms with van der Waals surface area (Å²) in [4.78, 5) is 33.4. The van der Waals surface area contributed by atoms with E-state index >= 15 is 0 Å². The number of carbonyl (C=O) groups is 2. The molecule has 1 aromatic rings. The summed E-state index contributed by atoms with van der Waals surface area (Å²) in [5.74, 6) is 1.96. The van der Waals surface area contributed by atoms with E-state index in [2.05, 4.69) is 11.1 Å². The molecule has 3 aliphatic heterocycles. The van der Waals surface area contributed by atoms with Gasteiger partial charge in [0.25, 0.3) is 5.91 Å². The molecule has 2 amide bonds. The topological polar surface area (TPSA) is 62.2 Å². The van der Waals surface area contributed by atoms with Gasteiger partial charge in [-0.1, -0.05) is 24.3 Å². The van der Waals surface area contributed by atoms with Crippen molar-refractivity contribution in [2.75, 3.05) is 20.2 Å². The third kappa shape index (κ3) is 3.91. The van der Waals surface area contributed by atoms with Crippen molar-refractivity contribution in [2.24, 2.45) is 10.9 Å². The molecule has 1 aromatic carbocycles. The van der Waals surface area contributed by atoms with E-state index in [1.54, 1.807) is 13.2 Å². The molecule has 1 atom stereocenters. The molecule has 4 rings (SSSR count). The van der Waals surface area contributed by atoms with Gasteiger partial charge in [0.2, 0.25) is 5.91 Å². The van der Waals surface area contributed by atoms with Crippen LogP contribution >= 0.6 is 0 Å². The highest BCUT2D eigenvalue weighted by Crippen LogP contribution is 2.32. The minimum absolute atomic E-state index is 0.0356. The Morgan fingerprint density at radius 2 is 2.00 bits per heavy atom. The number of methoxy groups -OCH3 is 1. The molecule has 30 heavy (non-hydrogen) atoms. The number of benzene rings is 1. The molecule has 0 aromatic heterocycles. The summed E-state index contributed by atoms with van der Waals surface area (Å²) in [6.45, 7) is 3.32. The first kappa shape index (κ1) is 20.4. The number of hydrogen-bond donors (Lipinski definition) is 0. The maximum Gasteiger partial charge on any atom is 0.274 e. The Morgan fingerprint density at radius 1 is 1.23 bits per heavy atom. The third-order valence-electron chi connectivity index (χ3n) is 6.52. The summed E-state index contributed by atoms with van der Waals surface area (Å²) in [6, 6.07) is 8.17. The summed E-state index contributed by atoms with van der Waals surface area (Å²) in [5, 5.41) is 0. The van der Waals surface area contributed by atoms with Crippen LogP contribution in [0.15, 0.2) is 53.7 Å². The van der Waals surface area contributed by atoms with Crippen molar-refractivity contribution in [3.8, 4) is 5.75 Å². The number of amidine groups is 1. The number of aryl methyl sites for hydroxylation is 1. The molecular weight excluding hydrogens is 378 g/mol. The van der Waals surface area contributed by atoms with Crippen LogP contribution in [0.5, 0.6) is 5.75 Å². The number of ether oxygens (including phenoxy) is 1. The number of aliphatic imine (C=N–C) groups is 1. The van der Waals surface area contributed by atoms with Crippen molar-refractivity contribution in [1.29, 1.82) is 0 Å². The van der Waals surface area contributed by atoms with Crippen molar-refractivity contribution < 1.29 is 14.3 Å². The van der Waals surface area contributed by atoms with E-state index in [1.807, 2.05) is 53.3 Å². The minimum Gasteiger partial charge on any atom is -0.496 e. The lowest BCUT2D eigenvalue weighted by Gasteiger charge is -2.37. The normalized spacial score (nSPS) is 23.5. The quantitative estimate of drug-likeness (QED) is 0.726. The number of likely N-dealkylation sites (tertiary alicyclic amines) is 1. The number of hydrogen-bond acceptors (Lipinski definition) is 4. The number of rotatable bonds is 6. The molecule has 6 heteroatoms. The molecule has 0 spiro atoms. The maximum atomic E-state index is 13.0. The van der Waals surface area contributed by atoms with Crippen molar-refractivity contribution >= 4 is 17.6 Å². The summed E-state index contributed by atoms with van der Waals surface area (Å²) < 4.78 is 5.45. The van der Waals surface area contributed by atoms with Crippen molar-refractivity contribution in [3.63, 3.8) is 0 Å². The molecule has 1 fully saturated rings. The van der Waals surface area contributed by atoms with Crippen LogP contribution in [0.25, 0.3) is 0 Å². The van der Waals surface area contributed by atoms with Crippen LogP contribution in [-0.4, -0.2) is 53.2 Å². The fraction of sp³-hybridized carbons (Fsp3) is 0.458. The fourth-order valence-electron chi connectivity index (χ4n) is 4.58. The van der Waals surface area contributed by atoms with E-state index in [1.165, 1.54) is 5.56 Å². The Hall–Kier alpha value is -2.89. The molecule has 1 saturated heterocycles. The fourth-order valence-corrected chi connectivity index (χ4v) is 4.58. The highest BCUT2D eigenvalue weighted by molar-refractivity contribution is 6.13. The van der Waals surface area contributed by atoms with E-state index < -0.39 is 5.54 Å². The first-order valence-electron chi connectivity index (χ1n) is 10.7. The number of carbonyl (C=O) groups excluding carboxylic acids is 2. The Kier molecular flexibility index (Phi) is 5.75. The Labute approximate surface area is 177 Å². The zero-order valence-corrected chi connectivity index (χ0v) is 17.7. The molecule has 158 valence electrons. The van der Waals surface area contributed by atoms with E-state index in [0.717, 1.165) is 44.5 Å². The minimum atomic E-state index is -0.922. The predicted octanol–water partition coefficient (Wildman–Crippen LogP) is 3.34. The second kappa shape index (κ2) is 8.46. The molecule has 0 saturated carbocycles. The van der Waals surface area contributed by atoms with Gasteiger partial charge in [-0.05, 0) is 62.3 Å². The first-order valence-corrected chi connectivity index (χ1v) is 10.7. The largest absolute Gasteiger partial charge is 0.496 e. The highest BCUT2D eigenvalue weighted by Gasteiger charge is 2.47. The number of nitrogens with zero attached hydrogens (tertiary/aromatic N) is 3. The summed E-state index contributed by atoms with van der Waals surface area (Å²) >= 11 is 0. The van der Waals surface area contributed by atoms with Crippen LogP contribution < -0.4 is 4.74 Å². The Balaban J connectivity index is 1.29. The standard InChI is InChI=1S/C24H29N3O3/c1-24(23(29)25-21-9-5-6-14-27(21)24)17-22(28)26-15-12-18(13-16-26)10-11-19-7-3-4-8-20(19)30-2/h3-9,14,18H,10-13,15-17H2,1-2H3. The van der Waals surface area contributed by atoms with Gasteiger partial charge in [-0.2, -0.15) is 4.99 Å². The van der Waals surface area contributed by atoms with Gasteiger partial charge in [0.05, 0.1) is 13.5 Å². The van der Waals surface area contributed by atoms with Crippen LogP contribution in [0.1, 0.15) is 38.2 Å². The van der Waals surface area contributed by atoms with E-state index in [0.29, 0.717) is 11.8 Å². The zero-order valence-electron chi connectivity index (χ0n) is 17.7. The monoisotopic (exact) mass is 407 g/mol. The summed E-state index contributed by atoms with van der Waals surface area (Å²) in [7, 11) is 1.71.